The molecule has 2 rings (SSSR count). The highest BCUT2D eigenvalue weighted by atomic mass is 19.1. The van der Waals surface area contributed by atoms with Crippen LogP contribution in [0.2, 0.25) is 0 Å². The SMILES string of the molecule is CCOc1ncnc(NCCc2cc(F)cc(F)c2)c1C. The minimum atomic E-state index is -0.568. The first-order valence-electron chi connectivity index (χ1n) is 6.73. The summed E-state index contributed by atoms with van der Waals surface area (Å²) in [4.78, 5) is 8.18. The lowest BCUT2D eigenvalue weighted by Gasteiger charge is -2.11. The highest BCUT2D eigenvalue weighted by molar-refractivity contribution is 5.47. The molecule has 0 aliphatic carbocycles. The number of nitrogens with zero attached hydrogens (tertiary/aromatic N) is 2. The van der Waals surface area contributed by atoms with Crippen LogP contribution in [0.25, 0.3) is 0 Å². The van der Waals surface area contributed by atoms with Gasteiger partial charge in [-0.2, -0.15) is 0 Å². The van der Waals surface area contributed by atoms with E-state index in [-0.39, 0.29) is 0 Å². The first-order chi connectivity index (χ1) is 10.1. The lowest BCUT2D eigenvalue weighted by Crippen LogP contribution is -2.09. The predicted octanol–water partition coefficient (Wildman–Crippen LogP) is 3.12. The molecule has 21 heavy (non-hydrogen) atoms. The van der Waals surface area contributed by atoms with Crippen LogP contribution < -0.4 is 10.1 Å². The van der Waals surface area contributed by atoms with Crippen molar-refractivity contribution >= 4 is 5.82 Å². The molecule has 4 nitrogen and oxygen atoms in total. The van der Waals surface area contributed by atoms with Crippen molar-refractivity contribution in [3.8, 4) is 5.88 Å². The van der Waals surface area contributed by atoms with Crippen molar-refractivity contribution in [1.29, 1.82) is 0 Å². The van der Waals surface area contributed by atoms with E-state index in [2.05, 4.69) is 15.3 Å². The zero-order chi connectivity index (χ0) is 15.2. The third-order valence-electron chi connectivity index (χ3n) is 2.95. The van der Waals surface area contributed by atoms with E-state index in [1.54, 1.807) is 0 Å². The number of nitrogens with one attached hydrogen (secondary N) is 1. The van der Waals surface area contributed by atoms with Crippen molar-refractivity contribution in [3.63, 3.8) is 0 Å². The van der Waals surface area contributed by atoms with Crippen LogP contribution in [0.1, 0.15) is 18.1 Å². The third kappa shape index (κ3) is 4.11. The van der Waals surface area contributed by atoms with Crippen LogP contribution >= 0.6 is 0 Å². The molecule has 1 aromatic heterocycles. The number of hydrogen-bond donors (Lipinski definition) is 1. The predicted molar refractivity (Wildman–Crippen MR) is 76.5 cm³/mol. The molecule has 1 aromatic carbocycles. The van der Waals surface area contributed by atoms with Gasteiger partial charge in [0.25, 0.3) is 0 Å². The van der Waals surface area contributed by atoms with Gasteiger partial charge in [0, 0.05) is 12.6 Å². The topological polar surface area (TPSA) is 47.0 Å². The van der Waals surface area contributed by atoms with Gasteiger partial charge in [0.2, 0.25) is 5.88 Å². The Hall–Kier alpha value is -2.24. The molecular formula is C15H17F2N3O. The fraction of sp³-hybridized carbons (Fsp3) is 0.333. The summed E-state index contributed by atoms with van der Waals surface area (Å²) in [5, 5.41) is 3.12. The highest BCUT2D eigenvalue weighted by Gasteiger charge is 2.07. The molecule has 0 radical (unpaired) electrons. The summed E-state index contributed by atoms with van der Waals surface area (Å²) in [6.45, 7) is 4.77. The number of benzene rings is 1. The van der Waals surface area contributed by atoms with Crippen molar-refractivity contribution < 1.29 is 13.5 Å². The van der Waals surface area contributed by atoms with E-state index < -0.39 is 11.6 Å². The van der Waals surface area contributed by atoms with Gasteiger partial charge in [-0.3, -0.25) is 0 Å². The largest absolute Gasteiger partial charge is 0.478 e. The second-order valence-electron chi connectivity index (χ2n) is 4.54. The first-order valence-corrected chi connectivity index (χ1v) is 6.73. The molecule has 0 saturated carbocycles. The van der Waals surface area contributed by atoms with Crippen LogP contribution in [0.3, 0.4) is 0 Å². The molecule has 0 unspecified atom stereocenters. The van der Waals surface area contributed by atoms with Gasteiger partial charge in [-0.25, -0.2) is 18.7 Å². The summed E-state index contributed by atoms with van der Waals surface area (Å²) in [5.41, 5.74) is 1.40. The highest BCUT2D eigenvalue weighted by Crippen LogP contribution is 2.20. The number of aromatic nitrogens is 2. The number of hydrogen-bond acceptors (Lipinski definition) is 4. The number of halogens is 2. The monoisotopic (exact) mass is 293 g/mol. The summed E-state index contributed by atoms with van der Waals surface area (Å²) < 4.78 is 31.5. The van der Waals surface area contributed by atoms with Gasteiger partial charge in [-0.15, -0.1) is 0 Å². The maximum absolute atomic E-state index is 13.1. The van der Waals surface area contributed by atoms with Crippen molar-refractivity contribution in [3.05, 3.63) is 47.3 Å². The van der Waals surface area contributed by atoms with Gasteiger partial charge in [-0.1, -0.05) is 0 Å². The van der Waals surface area contributed by atoms with Crippen molar-refractivity contribution in [1.82, 2.24) is 9.97 Å². The Morgan fingerprint density at radius 2 is 1.86 bits per heavy atom. The fourth-order valence-electron chi connectivity index (χ4n) is 1.97. The zero-order valence-corrected chi connectivity index (χ0v) is 12.0. The molecule has 1 heterocycles. The van der Waals surface area contributed by atoms with Crippen LogP contribution in [0.5, 0.6) is 5.88 Å². The molecule has 0 fully saturated rings. The summed E-state index contributed by atoms with van der Waals surface area (Å²) in [6.07, 6.45) is 1.91. The number of ether oxygens (including phenoxy) is 1. The quantitative estimate of drug-likeness (QED) is 0.889. The summed E-state index contributed by atoms with van der Waals surface area (Å²) in [6, 6.07) is 3.51. The molecule has 1 N–H and O–H groups in total. The lowest BCUT2D eigenvalue weighted by atomic mass is 10.1. The minimum Gasteiger partial charge on any atom is -0.478 e. The van der Waals surface area contributed by atoms with E-state index in [9.17, 15) is 8.78 Å². The molecule has 112 valence electrons. The Balaban J connectivity index is 1.98. The lowest BCUT2D eigenvalue weighted by molar-refractivity contribution is 0.324. The Bertz CT molecular complexity index is 600. The minimum absolute atomic E-state index is 0.488. The standard InChI is InChI=1S/C15H17F2N3O/c1-3-21-15-10(2)14(19-9-20-15)18-5-4-11-6-12(16)8-13(17)7-11/h6-9H,3-5H2,1-2H3,(H,18,19,20). The number of rotatable bonds is 6. The van der Waals surface area contributed by atoms with Gasteiger partial charge in [0.15, 0.2) is 0 Å². The summed E-state index contributed by atoms with van der Waals surface area (Å²) >= 11 is 0. The molecule has 2 aromatic rings. The van der Waals surface area contributed by atoms with E-state index in [1.165, 1.54) is 18.5 Å². The van der Waals surface area contributed by atoms with Gasteiger partial charge in [0.1, 0.15) is 23.8 Å². The molecule has 0 bridgehead atoms. The second kappa shape index (κ2) is 6.97. The normalized spacial score (nSPS) is 10.5. The molecule has 0 atom stereocenters. The van der Waals surface area contributed by atoms with Crippen LogP contribution in [0.15, 0.2) is 24.5 Å². The van der Waals surface area contributed by atoms with Crippen LogP contribution in [0, 0.1) is 18.6 Å². The van der Waals surface area contributed by atoms with Crippen molar-refractivity contribution in [2.24, 2.45) is 0 Å². The maximum Gasteiger partial charge on any atom is 0.221 e. The number of anilines is 1. The third-order valence-corrected chi connectivity index (χ3v) is 2.95. The Labute approximate surface area is 122 Å². The van der Waals surface area contributed by atoms with Crippen LogP contribution in [0.4, 0.5) is 14.6 Å². The van der Waals surface area contributed by atoms with E-state index in [0.29, 0.717) is 36.8 Å². The van der Waals surface area contributed by atoms with E-state index in [0.717, 1.165) is 11.6 Å². The molecule has 0 aliphatic rings. The molecule has 6 heteroatoms. The Kier molecular flexibility index (Phi) is 5.03. The van der Waals surface area contributed by atoms with E-state index >= 15 is 0 Å². The Morgan fingerprint density at radius 1 is 1.14 bits per heavy atom. The van der Waals surface area contributed by atoms with E-state index in [1.807, 2.05) is 13.8 Å². The van der Waals surface area contributed by atoms with Crippen molar-refractivity contribution in [2.75, 3.05) is 18.5 Å². The van der Waals surface area contributed by atoms with Gasteiger partial charge in [0.05, 0.1) is 12.2 Å². The van der Waals surface area contributed by atoms with Crippen LogP contribution in [-0.2, 0) is 6.42 Å². The average molecular weight is 293 g/mol. The fourth-order valence-corrected chi connectivity index (χ4v) is 1.97. The van der Waals surface area contributed by atoms with E-state index in [4.69, 9.17) is 4.74 Å². The second-order valence-corrected chi connectivity index (χ2v) is 4.54. The zero-order valence-electron chi connectivity index (χ0n) is 12.0. The maximum atomic E-state index is 13.1. The molecular weight excluding hydrogens is 276 g/mol. The average Bonchev–Trinajstić information content (AvgIpc) is 2.42. The molecule has 0 aliphatic heterocycles. The summed E-state index contributed by atoms with van der Waals surface area (Å²) in [7, 11) is 0. The Morgan fingerprint density at radius 3 is 2.52 bits per heavy atom. The smallest absolute Gasteiger partial charge is 0.221 e. The molecule has 0 amide bonds. The first kappa shape index (κ1) is 15.2. The van der Waals surface area contributed by atoms with Gasteiger partial charge < -0.3 is 10.1 Å². The van der Waals surface area contributed by atoms with Gasteiger partial charge >= 0.3 is 0 Å². The molecule has 0 saturated heterocycles. The van der Waals surface area contributed by atoms with Gasteiger partial charge in [-0.05, 0) is 38.0 Å². The summed E-state index contributed by atoms with van der Waals surface area (Å²) in [5.74, 6) is 0.0563. The van der Waals surface area contributed by atoms with Crippen molar-refractivity contribution in [2.45, 2.75) is 20.3 Å². The van der Waals surface area contributed by atoms with Crippen LogP contribution in [-0.4, -0.2) is 23.1 Å². The molecule has 0 spiro atoms.